The fourth-order valence-electron chi connectivity index (χ4n) is 3.42. The monoisotopic (exact) mass is 341 g/mol. The van der Waals surface area contributed by atoms with Crippen molar-refractivity contribution in [3.8, 4) is 0 Å². The molecule has 1 N–H and O–H groups in total. The van der Waals surface area contributed by atoms with Crippen LogP contribution in [0.5, 0.6) is 0 Å². The molecule has 2 amide bonds. The Labute approximate surface area is 147 Å². The van der Waals surface area contributed by atoms with Gasteiger partial charge < -0.3 is 10.2 Å². The first kappa shape index (κ1) is 17.1. The van der Waals surface area contributed by atoms with E-state index in [9.17, 15) is 9.59 Å². The van der Waals surface area contributed by atoms with Crippen molar-refractivity contribution in [3.05, 3.63) is 47.0 Å². The summed E-state index contributed by atoms with van der Waals surface area (Å²) in [4.78, 5) is 30.5. The molecule has 0 bridgehead atoms. The largest absolute Gasteiger partial charge is 0.352 e. The lowest BCUT2D eigenvalue weighted by Crippen LogP contribution is -2.32. The fourth-order valence-corrected chi connectivity index (χ4v) is 3.42. The summed E-state index contributed by atoms with van der Waals surface area (Å²) in [6.45, 7) is 4.28. The van der Waals surface area contributed by atoms with Crippen LogP contribution in [0.15, 0.2) is 24.5 Å². The van der Waals surface area contributed by atoms with Gasteiger partial charge in [0.1, 0.15) is 0 Å². The summed E-state index contributed by atoms with van der Waals surface area (Å²) in [6, 6.07) is 3.38. The number of carbonyl (C=O) groups excluding carboxylic acids is 2. The molecule has 1 fully saturated rings. The highest BCUT2D eigenvalue weighted by molar-refractivity contribution is 5.94. The highest BCUT2D eigenvalue weighted by Gasteiger charge is 2.40. The van der Waals surface area contributed by atoms with Crippen LogP contribution in [-0.4, -0.2) is 45.1 Å². The van der Waals surface area contributed by atoms with Gasteiger partial charge in [0.25, 0.3) is 5.91 Å². The Kier molecular flexibility index (Phi) is 4.57. The van der Waals surface area contributed by atoms with Crippen LogP contribution in [0, 0.1) is 19.8 Å². The van der Waals surface area contributed by atoms with Crippen molar-refractivity contribution in [1.29, 1.82) is 0 Å². The van der Waals surface area contributed by atoms with E-state index in [2.05, 4.69) is 15.4 Å². The summed E-state index contributed by atoms with van der Waals surface area (Å²) in [5.74, 6) is -0.0336. The minimum absolute atomic E-state index is 0.0206. The molecule has 0 radical (unpaired) electrons. The van der Waals surface area contributed by atoms with E-state index in [1.54, 1.807) is 27.9 Å². The maximum absolute atomic E-state index is 12.4. The van der Waals surface area contributed by atoms with Crippen LogP contribution in [0.2, 0.25) is 0 Å². The van der Waals surface area contributed by atoms with E-state index in [1.807, 2.05) is 34.1 Å². The predicted octanol–water partition coefficient (Wildman–Crippen LogP) is 1.38. The van der Waals surface area contributed by atoms with Gasteiger partial charge in [-0.05, 0) is 26.0 Å². The van der Waals surface area contributed by atoms with Gasteiger partial charge in [-0.2, -0.15) is 5.10 Å². The van der Waals surface area contributed by atoms with Gasteiger partial charge in [0.2, 0.25) is 5.91 Å². The molecule has 7 heteroatoms. The summed E-state index contributed by atoms with van der Waals surface area (Å²) in [7, 11) is 3.70. The average molecular weight is 341 g/mol. The molecule has 0 saturated carbocycles. The van der Waals surface area contributed by atoms with Gasteiger partial charge in [-0.1, -0.05) is 0 Å². The molecule has 25 heavy (non-hydrogen) atoms. The van der Waals surface area contributed by atoms with Crippen molar-refractivity contribution in [3.63, 3.8) is 0 Å². The Morgan fingerprint density at radius 2 is 2.12 bits per heavy atom. The van der Waals surface area contributed by atoms with Crippen molar-refractivity contribution in [2.45, 2.75) is 26.3 Å². The maximum atomic E-state index is 12.4. The summed E-state index contributed by atoms with van der Waals surface area (Å²) >= 11 is 0. The lowest BCUT2D eigenvalue weighted by molar-refractivity contribution is -0.127. The van der Waals surface area contributed by atoms with Crippen LogP contribution >= 0.6 is 0 Å². The van der Waals surface area contributed by atoms with Crippen molar-refractivity contribution in [2.24, 2.45) is 13.0 Å². The number of carbonyl (C=O) groups is 2. The van der Waals surface area contributed by atoms with Gasteiger partial charge >= 0.3 is 0 Å². The predicted molar refractivity (Wildman–Crippen MR) is 92.9 cm³/mol. The second kappa shape index (κ2) is 6.66. The van der Waals surface area contributed by atoms with E-state index < -0.39 is 0 Å². The van der Waals surface area contributed by atoms with Gasteiger partial charge in [-0.3, -0.25) is 19.3 Å². The van der Waals surface area contributed by atoms with Gasteiger partial charge in [0, 0.05) is 61.7 Å². The van der Waals surface area contributed by atoms with Crippen molar-refractivity contribution in [2.75, 3.05) is 13.6 Å². The number of nitrogens with one attached hydrogen (secondary N) is 1. The van der Waals surface area contributed by atoms with Crippen molar-refractivity contribution >= 4 is 11.8 Å². The van der Waals surface area contributed by atoms with Gasteiger partial charge in [0.15, 0.2) is 0 Å². The molecular formula is C18H23N5O2. The molecule has 0 unspecified atom stereocenters. The zero-order chi connectivity index (χ0) is 18.1. The summed E-state index contributed by atoms with van der Waals surface area (Å²) in [5, 5.41) is 7.25. The zero-order valence-corrected chi connectivity index (χ0v) is 15.0. The van der Waals surface area contributed by atoms with Gasteiger partial charge in [-0.15, -0.1) is 0 Å². The molecule has 0 spiro atoms. The normalized spacial score (nSPS) is 20.2. The standard InChI is InChI=1S/C18H23N5O2/c1-11-7-13(5-6-19-11)18(25)20-9-14-8-16(24)22(3)17(14)15-10-21-23(4)12(15)2/h5-7,10,14,17H,8-9H2,1-4H3,(H,20,25)/t14-,17+/m0/s1. The molecule has 3 rings (SSSR count). The quantitative estimate of drug-likeness (QED) is 0.911. The van der Waals surface area contributed by atoms with Gasteiger partial charge in [0.05, 0.1) is 12.2 Å². The lowest BCUT2D eigenvalue weighted by Gasteiger charge is -2.25. The average Bonchev–Trinajstić information content (AvgIpc) is 3.05. The third kappa shape index (κ3) is 3.26. The van der Waals surface area contributed by atoms with Crippen LogP contribution in [0.1, 0.15) is 39.8 Å². The molecular weight excluding hydrogens is 318 g/mol. The third-order valence-electron chi connectivity index (χ3n) is 4.97. The molecule has 1 aliphatic heterocycles. The fraction of sp³-hybridized carbons (Fsp3) is 0.444. The molecule has 0 aliphatic carbocycles. The number of hydrogen-bond donors (Lipinski definition) is 1. The van der Waals surface area contributed by atoms with Gasteiger partial charge in [-0.25, -0.2) is 0 Å². The third-order valence-corrected chi connectivity index (χ3v) is 4.97. The molecule has 2 aromatic rings. The Morgan fingerprint density at radius 1 is 1.36 bits per heavy atom. The topological polar surface area (TPSA) is 80.1 Å². The van der Waals surface area contributed by atoms with E-state index in [1.165, 1.54) is 0 Å². The van der Waals surface area contributed by atoms with E-state index in [0.717, 1.165) is 17.0 Å². The highest BCUT2D eigenvalue weighted by atomic mass is 16.2. The summed E-state index contributed by atoms with van der Waals surface area (Å²) in [6.07, 6.45) is 3.86. The molecule has 1 aliphatic rings. The number of aromatic nitrogens is 3. The number of pyridine rings is 1. The number of rotatable bonds is 4. The zero-order valence-electron chi connectivity index (χ0n) is 15.0. The lowest BCUT2D eigenvalue weighted by atomic mass is 9.94. The van der Waals surface area contributed by atoms with E-state index in [0.29, 0.717) is 18.5 Å². The Morgan fingerprint density at radius 3 is 2.76 bits per heavy atom. The number of nitrogens with zero attached hydrogens (tertiary/aromatic N) is 4. The Balaban J connectivity index is 1.75. The highest BCUT2D eigenvalue weighted by Crippen LogP contribution is 2.37. The van der Waals surface area contributed by atoms with Crippen LogP contribution in [0.3, 0.4) is 0 Å². The van der Waals surface area contributed by atoms with E-state index in [-0.39, 0.29) is 23.8 Å². The molecule has 132 valence electrons. The first-order valence-electron chi connectivity index (χ1n) is 8.33. The minimum Gasteiger partial charge on any atom is -0.352 e. The maximum Gasteiger partial charge on any atom is 0.251 e. The second-order valence-corrected chi connectivity index (χ2v) is 6.62. The van der Waals surface area contributed by atoms with Crippen molar-refractivity contribution < 1.29 is 9.59 Å². The number of aryl methyl sites for hydroxylation is 2. The molecule has 3 heterocycles. The molecule has 7 nitrogen and oxygen atoms in total. The summed E-state index contributed by atoms with van der Waals surface area (Å²) < 4.78 is 1.81. The number of hydrogen-bond acceptors (Lipinski definition) is 4. The molecule has 2 atom stereocenters. The van der Waals surface area contributed by atoms with Crippen LogP contribution < -0.4 is 5.32 Å². The van der Waals surface area contributed by atoms with Crippen LogP contribution in [-0.2, 0) is 11.8 Å². The molecule has 0 aromatic carbocycles. The minimum atomic E-state index is -0.144. The molecule has 1 saturated heterocycles. The second-order valence-electron chi connectivity index (χ2n) is 6.62. The number of amides is 2. The van der Waals surface area contributed by atoms with E-state index >= 15 is 0 Å². The van der Waals surface area contributed by atoms with Crippen molar-refractivity contribution in [1.82, 2.24) is 25.0 Å². The van der Waals surface area contributed by atoms with Crippen LogP contribution in [0.4, 0.5) is 0 Å². The Bertz CT molecular complexity index is 814. The number of likely N-dealkylation sites (tertiary alicyclic amines) is 1. The first-order valence-corrected chi connectivity index (χ1v) is 8.33. The molecule has 2 aromatic heterocycles. The SMILES string of the molecule is Cc1cc(C(=O)NC[C@@H]2CC(=O)N(C)[C@H]2c2cnn(C)c2C)ccn1. The van der Waals surface area contributed by atoms with E-state index in [4.69, 9.17) is 0 Å². The smallest absolute Gasteiger partial charge is 0.251 e. The Hall–Kier alpha value is -2.70. The summed E-state index contributed by atoms with van der Waals surface area (Å²) in [5.41, 5.74) is 3.45. The van der Waals surface area contributed by atoms with Crippen LogP contribution in [0.25, 0.3) is 0 Å². The first-order chi connectivity index (χ1) is 11.9.